The highest BCUT2D eigenvalue weighted by molar-refractivity contribution is 5.82. The van der Waals surface area contributed by atoms with E-state index < -0.39 is 11.5 Å². The molecule has 3 nitrogen and oxygen atoms in total. The van der Waals surface area contributed by atoms with Gasteiger partial charge in [-0.3, -0.25) is 4.79 Å². The SMILES string of the molecule is C[C@H]1C[C@]1(N)C(=O)O. The van der Waals surface area contributed by atoms with E-state index in [1.54, 1.807) is 0 Å². The fourth-order valence-corrected chi connectivity index (χ4v) is 0.746. The van der Waals surface area contributed by atoms with Gasteiger partial charge in [-0.15, -0.1) is 0 Å². The third-order valence-electron chi connectivity index (χ3n) is 1.76. The van der Waals surface area contributed by atoms with Gasteiger partial charge in [-0.05, 0) is 12.3 Å². The van der Waals surface area contributed by atoms with Crippen molar-refractivity contribution in [3.05, 3.63) is 0 Å². The van der Waals surface area contributed by atoms with E-state index in [-0.39, 0.29) is 5.92 Å². The number of rotatable bonds is 1. The summed E-state index contributed by atoms with van der Waals surface area (Å²) in [6.45, 7) is 1.84. The van der Waals surface area contributed by atoms with Crippen molar-refractivity contribution in [2.24, 2.45) is 11.7 Å². The van der Waals surface area contributed by atoms with Crippen LogP contribution in [0.4, 0.5) is 0 Å². The Balaban J connectivity index is 2.60. The first-order valence-electron chi connectivity index (χ1n) is 2.59. The van der Waals surface area contributed by atoms with E-state index in [2.05, 4.69) is 0 Å². The van der Waals surface area contributed by atoms with Crippen LogP contribution in [0.15, 0.2) is 0 Å². The zero-order valence-corrected chi connectivity index (χ0v) is 4.72. The maximum atomic E-state index is 10.2. The van der Waals surface area contributed by atoms with Gasteiger partial charge in [0, 0.05) is 0 Å². The third-order valence-corrected chi connectivity index (χ3v) is 1.76. The fourth-order valence-electron chi connectivity index (χ4n) is 0.746. The summed E-state index contributed by atoms with van der Waals surface area (Å²) >= 11 is 0. The second-order valence-corrected chi connectivity index (χ2v) is 2.45. The highest BCUT2D eigenvalue weighted by atomic mass is 16.4. The summed E-state index contributed by atoms with van der Waals surface area (Å²) in [4.78, 5) is 10.2. The maximum Gasteiger partial charge on any atom is 0.323 e. The Morgan fingerprint density at radius 2 is 2.38 bits per heavy atom. The number of carbonyl (C=O) groups is 1. The fraction of sp³-hybridized carbons (Fsp3) is 0.800. The van der Waals surface area contributed by atoms with Crippen molar-refractivity contribution in [2.75, 3.05) is 0 Å². The van der Waals surface area contributed by atoms with Crippen LogP contribution < -0.4 is 5.73 Å². The monoisotopic (exact) mass is 115 g/mol. The van der Waals surface area contributed by atoms with Crippen LogP contribution >= 0.6 is 0 Å². The first kappa shape index (κ1) is 5.56. The summed E-state index contributed by atoms with van der Waals surface area (Å²) in [5, 5.41) is 8.36. The predicted molar refractivity (Wildman–Crippen MR) is 28.3 cm³/mol. The second kappa shape index (κ2) is 1.23. The third kappa shape index (κ3) is 0.512. The zero-order valence-electron chi connectivity index (χ0n) is 4.72. The summed E-state index contributed by atoms with van der Waals surface area (Å²) in [6.07, 6.45) is 0.627. The quantitative estimate of drug-likeness (QED) is 0.497. The molecule has 0 aromatic rings. The number of aliphatic carboxylic acids is 1. The molecular formula is C5H9NO2. The Bertz CT molecular complexity index is 134. The minimum atomic E-state index is -0.875. The van der Waals surface area contributed by atoms with E-state index in [0.717, 1.165) is 0 Å². The van der Waals surface area contributed by atoms with Crippen LogP contribution in [0.1, 0.15) is 13.3 Å². The van der Waals surface area contributed by atoms with Gasteiger partial charge in [0.1, 0.15) is 5.54 Å². The highest BCUT2D eigenvalue weighted by Crippen LogP contribution is 2.40. The predicted octanol–water partition coefficient (Wildman–Crippen LogP) is -0.192. The molecular weight excluding hydrogens is 106 g/mol. The average molecular weight is 115 g/mol. The number of carboxylic acid groups (broad SMARTS) is 1. The molecule has 0 amide bonds. The summed E-state index contributed by atoms with van der Waals surface area (Å²) in [7, 11) is 0. The topological polar surface area (TPSA) is 63.3 Å². The van der Waals surface area contributed by atoms with Crippen LogP contribution in [0.25, 0.3) is 0 Å². The summed E-state index contributed by atoms with van der Waals surface area (Å²) in [5.74, 6) is -0.704. The van der Waals surface area contributed by atoms with Gasteiger partial charge in [0.25, 0.3) is 0 Å². The molecule has 1 fully saturated rings. The summed E-state index contributed by atoms with van der Waals surface area (Å²) in [5.41, 5.74) is 4.46. The number of hydrogen-bond acceptors (Lipinski definition) is 2. The first-order valence-corrected chi connectivity index (χ1v) is 2.59. The average Bonchev–Trinajstić information content (AvgIpc) is 2.17. The van der Waals surface area contributed by atoms with E-state index in [1.807, 2.05) is 6.92 Å². The van der Waals surface area contributed by atoms with Gasteiger partial charge in [0.15, 0.2) is 0 Å². The van der Waals surface area contributed by atoms with Crippen molar-refractivity contribution in [3.8, 4) is 0 Å². The largest absolute Gasteiger partial charge is 0.480 e. The van der Waals surface area contributed by atoms with Crippen LogP contribution in [-0.4, -0.2) is 16.6 Å². The van der Waals surface area contributed by atoms with Crippen molar-refractivity contribution >= 4 is 5.97 Å². The molecule has 0 unspecified atom stereocenters. The molecule has 46 valence electrons. The molecule has 1 aliphatic carbocycles. The van der Waals surface area contributed by atoms with Gasteiger partial charge in [0.05, 0.1) is 0 Å². The lowest BCUT2D eigenvalue weighted by Gasteiger charge is -1.98. The normalized spacial score (nSPS) is 44.0. The zero-order chi connectivity index (χ0) is 6.36. The van der Waals surface area contributed by atoms with Crippen molar-refractivity contribution < 1.29 is 9.90 Å². The molecule has 1 saturated carbocycles. The van der Waals surface area contributed by atoms with Crippen LogP contribution in [0.3, 0.4) is 0 Å². The number of carboxylic acids is 1. The summed E-state index contributed by atoms with van der Waals surface area (Å²) in [6, 6.07) is 0. The number of hydrogen-bond donors (Lipinski definition) is 2. The Hall–Kier alpha value is -0.570. The highest BCUT2D eigenvalue weighted by Gasteiger charge is 2.54. The molecule has 0 heterocycles. The smallest absolute Gasteiger partial charge is 0.323 e. The summed E-state index contributed by atoms with van der Waals surface area (Å²) < 4.78 is 0. The molecule has 0 radical (unpaired) electrons. The van der Waals surface area contributed by atoms with Crippen LogP contribution in [0.2, 0.25) is 0 Å². The van der Waals surface area contributed by atoms with E-state index >= 15 is 0 Å². The Morgan fingerprint density at radius 3 is 2.38 bits per heavy atom. The van der Waals surface area contributed by atoms with Crippen molar-refractivity contribution in [2.45, 2.75) is 18.9 Å². The lowest BCUT2D eigenvalue weighted by Crippen LogP contribution is -2.34. The maximum absolute atomic E-state index is 10.2. The molecule has 2 atom stereocenters. The molecule has 0 aromatic heterocycles. The van der Waals surface area contributed by atoms with Gasteiger partial charge >= 0.3 is 5.97 Å². The molecule has 0 aromatic carbocycles. The minimum absolute atomic E-state index is 0.167. The van der Waals surface area contributed by atoms with Crippen molar-refractivity contribution in [1.29, 1.82) is 0 Å². The Morgan fingerprint density at radius 1 is 2.00 bits per heavy atom. The lowest BCUT2D eigenvalue weighted by atomic mass is 10.2. The molecule has 3 heteroatoms. The number of nitrogens with two attached hydrogens (primary N) is 1. The Labute approximate surface area is 47.5 Å². The molecule has 3 N–H and O–H groups in total. The van der Waals surface area contributed by atoms with Crippen molar-refractivity contribution in [3.63, 3.8) is 0 Å². The van der Waals surface area contributed by atoms with E-state index in [1.165, 1.54) is 0 Å². The van der Waals surface area contributed by atoms with Crippen LogP contribution in [0, 0.1) is 5.92 Å². The van der Waals surface area contributed by atoms with E-state index in [9.17, 15) is 4.79 Å². The first-order chi connectivity index (χ1) is 3.57. The molecule has 8 heavy (non-hydrogen) atoms. The van der Waals surface area contributed by atoms with Crippen molar-refractivity contribution in [1.82, 2.24) is 0 Å². The van der Waals surface area contributed by atoms with Gasteiger partial charge in [-0.25, -0.2) is 0 Å². The van der Waals surface area contributed by atoms with E-state index in [4.69, 9.17) is 10.8 Å². The van der Waals surface area contributed by atoms with E-state index in [0.29, 0.717) is 6.42 Å². The van der Waals surface area contributed by atoms with Gasteiger partial charge in [-0.1, -0.05) is 6.92 Å². The molecule has 0 spiro atoms. The molecule has 0 saturated heterocycles. The molecule has 0 bridgehead atoms. The second-order valence-electron chi connectivity index (χ2n) is 2.45. The minimum Gasteiger partial charge on any atom is -0.480 e. The van der Waals surface area contributed by atoms with Crippen LogP contribution in [-0.2, 0) is 4.79 Å². The molecule has 1 rings (SSSR count). The standard InChI is InChI=1S/C5H9NO2/c1-3-2-5(3,6)4(7)8/h3H,2,6H2,1H3,(H,7,8)/t3-,5+/m0/s1. The van der Waals surface area contributed by atoms with Gasteiger partial charge in [0.2, 0.25) is 0 Å². The molecule has 0 aliphatic heterocycles. The Kier molecular flexibility index (Phi) is 0.854. The van der Waals surface area contributed by atoms with Gasteiger partial charge < -0.3 is 10.8 Å². The lowest BCUT2D eigenvalue weighted by molar-refractivity contribution is -0.140. The van der Waals surface area contributed by atoms with Gasteiger partial charge in [-0.2, -0.15) is 0 Å². The molecule has 1 aliphatic rings. The van der Waals surface area contributed by atoms with Crippen LogP contribution in [0.5, 0.6) is 0 Å².